The first-order valence-corrected chi connectivity index (χ1v) is 13.8. The van der Waals surface area contributed by atoms with Gasteiger partial charge >= 0.3 is 0 Å². The number of hydrogen-bond donors (Lipinski definition) is 1. The van der Waals surface area contributed by atoms with Crippen LogP contribution in [0.4, 0.5) is 0 Å². The number of benzene rings is 2. The van der Waals surface area contributed by atoms with Gasteiger partial charge in [-0.25, -0.2) is 0 Å². The predicted molar refractivity (Wildman–Crippen MR) is 150 cm³/mol. The highest BCUT2D eigenvalue weighted by atomic mass is 16.5. The van der Waals surface area contributed by atoms with Crippen LogP contribution in [0.15, 0.2) is 54.1 Å². The Bertz CT molecular complexity index is 1090. The molecule has 0 aliphatic carbocycles. The van der Waals surface area contributed by atoms with Crippen LogP contribution in [0.1, 0.15) is 64.6 Å². The third kappa shape index (κ3) is 7.16. The Labute approximate surface area is 227 Å². The molecule has 1 fully saturated rings. The van der Waals surface area contributed by atoms with Gasteiger partial charge in [0.25, 0.3) is 11.7 Å². The van der Waals surface area contributed by atoms with E-state index in [2.05, 4.69) is 39.5 Å². The molecule has 0 aromatic heterocycles. The molecule has 1 heterocycles. The molecular weight excluding hydrogens is 480 g/mol. The lowest BCUT2D eigenvalue weighted by Crippen LogP contribution is -2.38. The van der Waals surface area contributed by atoms with Crippen LogP contribution in [0.5, 0.6) is 11.5 Å². The lowest BCUT2D eigenvalue weighted by molar-refractivity contribution is -0.140. The average molecular weight is 523 g/mol. The van der Waals surface area contributed by atoms with E-state index in [-0.39, 0.29) is 11.3 Å². The molecule has 3 rings (SSSR count). The number of rotatable bonds is 14. The van der Waals surface area contributed by atoms with Crippen LogP contribution in [-0.2, 0) is 9.59 Å². The van der Waals surface area contributed by atoms with Crippen molar-refractivity contribution in [2.24, 2.45) is 5.92 Å². The topological polar surface area (TPSA) is 79.3 Å². The van der Waals surface area contributed by atoms with Crippen LogP contribution in [-0.4, -0.2) is 66.0 Å². The molecular formula is C31H42N2O5. The zero-order valence-corrected chi connectivity index (χ0v) is 23.4. The minimum atomic E-state index is -0.688. The molecule has 0 bridgehead atoms. The average Bonchev–Trinajstić information content (AvgIpc) is 3.18. The van der Waals surface area contributed by atoms with Crippen LogP contribution in [0, 0.1) is 5.92 Å². The number of carbonyl (C=O) groups is 2. The molecule has 7 nitrogen and oxygen atoms in total. The van der Waals surface area contributed by atoms with E-state index < -0.39 is 17.7 Å². The lowest BCUT2D eigenvalue weighted by Gasteiger charge is -2.28. The van der Waals surface area contributed by atoms with E-state index in [4.69, 9.17) is 9.47 Å². The van der Waals surface area contributed by atoms with Crippen LogP contribution in [0.2, 0.25) is 0 Å². The summed E-state index contributed by atoms with van der Waals surface area (Å²) in [7, 11) is 0. The molecule has 1 N–H and O–H groups in total. The van der Waals surface area contributed by atoms with Gasteiger partial charge in [-0.3, -0.25) is 9.59 Å². The summed E-state index contributed by atoms with van der Waals surface area (Å²) >= 11 is 0. The Balaban J connectivity index is 1.97. The molecule has 1 aliphatic heterocycles. The minimum absolute atomic E-state index is 0.102. The number of aliphatic hydroxyl groups excluding tert-OH is 1. The number of ether oxygens (including phenoxy) is 2. The number of amides is 1. The first kappa shape index (κ1) is 29.2. The van der Waals surface area contributed by atoms with E-state index in [9.17, 15) is 14.7 Å². The third-order valence-corrected chi connectivity index (χ3v) is 6.77. The van der Waals surface area contributed by atoms with Crippen molar-refractivity contribution in [2.45, 2.75) is 53.5 Å². The van der Waals surface area contributed by atoms with Crippen molar-refractivity contribution in [3.63, 3.8) is 0 Å². The summed E-state index contributed by atoms with van der Waals surface area (Å²) in [6.07, 6.45) is 2.01. The summed E-state index contributed by atoms with van der Waals surface area (Å²) in [4.78, 5) is 30.3. The normalized spacial score (nSPS) is 17.0. The SMILES string of the molecule is CCCCOc1ccc(C2C(=C(O)c3ccc(OCC(C)C)cc3)C(=O)C(=O)N2CCN(CC)CC)cc1. The summed E-state index contributed by atoms with van der Waals surface area (Å²) in [5.41, 5.74) is 1.32. The summed E-state index contributed by atoms with van der Waals surface area (Å²) < 4.78 is 11.6. The van der Waals surface area contributed by atoms with Gasteiger partial charge in [0.2, 0.25) is 0 Å². The molecule has 0 radical (unpaired) electrons. The summed E-state index contributed by atoms with van der Waals surface area (Å²) in [5, 5.41) is 11.3. The summed E-state index contributed by atoms with van der Waals surface area (Å²) in [6.45, 7) is 14.3. The van der Waals surface area contributed by atoms with Gasteiger partial charge in [-0.05, 0) is 67.4 Å². The molecule has 2 aromatic rings. The zero-order valence-electron chi connectivity index (χ0n) is 23.4. The molecule has 1 atom stereocenters. The Hall–Kier alpha value is -3.32. The highest BCUT2D eigenvalue weighted by Gasteiger charge is 2.46. The van der Waals surface area contributed by atoms with Crippen molar-refractivity contribution >= 4 is 17.4 Å². The molecule has 1 aliphatic rings. The van der Waals surface area contributed by atoms with Gasteiger partial charge in [0, 0.05) is 18.7 Å². The van der Waals surface area contributed by atoms with E-state index in [0.717, 1.165) is 37.2 Å². The second kappa shape index (κ2) is 14.0. The second-order valence-corrected chi connectivity index (χ2v) is 10.0. The van der Waals surface area contributed by atoms with Crippen molar-refractivity contribution in [3.8, 4) is 11.5 Å². The molecule has 0 saturated carbocycles. The van der Waals surface area contributed by atoms with E-state index in [1.807, 2.05) is 24.3 Å². The van der Waals surface area contributed by atoms with Gasteiger partial charge in [-0.2, -0.15) is 0 Å². The fraction of sp³-hybridized carbons (Fsp3) is 0.484. The molecule has 1 unspecified atom stereocenters. The largest absolute Gasteiger partial charge is 0.507 e. The predicted octanol–water partition coefficient (Wildman–Crippen LogP) is 5.66. The van der Waals surface area contributed by atoms with Crippen LogP contribution >= 0.6 is 0 Å². The van der Waals surface area contributed by atoms with Gasteiger partial charge in [0.05, 0.1) is 24.8 Å². The lowest BCUT2D eigenvalue weighted by atomic mass is 9.95. The van der Waals surface area contributed by atoms with E-state index in [1.54, 1.807) is 29.2 Å². The number of unbranched alkanes of at least 4 members (excludes halogenated alkanes) is 1. The Kier molecular flexibility index (Phi) is 10.8. The first-order chi connectivity index (χ1) is 18.3. The first-order valence-electron chi connectivity index (χ1n) is 13.8. The van der Waals surface area contributed by atoms with E-state index in [1.165, 1.54) is 0 Å². The quantitative estimate of drug-likeness (QED) is 0.149. The third-order valence-electron chi connectivity index (χ3n) is 6.77. The van der Waals surface area contributed by atoms with Crippen molar-refractivity contribution in [3.05, 3.63) is 65.2 Å². The fourth-order valence-corrected chi connectivity index (χ4v) is 4.45. The Morgan fingerprint density at radius 3 is 2.13 bits per heavy atom. The van der Waals surface area contributed by atoms with Gasteiger partial charge < -0.3 is 24.4 Å². The van der Waals surface area contributed by atoms with Crippen molar-refractivity contribution in [1.29, 1.82) is 0 Å². The highest BCUT2D eigenvalue weighted by Crippen LogP contribution is 2.40. The summed E-state index contributed by atoms with van der Waals surface area (Å²) in [5.74, 6) is 0.361. The molecule has 206 valence electrons. The number of likely N-dealkylation sites (N-methyl/N-ethyl adjacent to an activating group) is 1. The smallest absolute Gasteiger partial charge is 0.295 e. The van der Waals surface area contributed by atoms with Gasteiger partial charge in [0.15, 0.2) is 0 Å². The standard InChI is InChI=1S/C31H42N2O5/c1-6-9-20-37-25-14-10-23(11-15-25)28-27(30(35)31(36)33(28)19-18-32(7-2)8-3)29(34)24-12-16-26(17-13-24)38-21-22(4)5/h10-17,22,28,34H,6-9,18-21H2,1-5H3. The molecule has 0 spiro atoms. The molecule has 38 heavy (non-hydrogen) atoms. The number of ketones is 1. The van der Waals surface area contributed by atoms with Gasteiger partial charge in [-0.1, -0.05) is 53.2 Å². The maximum absolute atomic E-state index is 13.3. The van der Waals surface area contributed by atoms with Crippen LogP contribution < -0.4 is 9.47 Å². The van der Waals surface area contributed by atoms with E-state index in [0.29, 0.717) is 43.5 Å². The zero-order chi connectivity index (χ0) is 27.7. The second-order valence-electron chi connectivity index (χ2n) is 10.0. The number of carbonyl (C=O) groups excluding carboxylic acids is 2. The Morgan fingerprint density at radius 1 is 0.947 bits per heavy atom. The van der Waals surface area contributed by atoms with Crippen molar-refractivity contribution in [2.75, 3.05) is 39.4 Å². The van der Waals surface area contributed by atoms with Crippen molar-refractivity contribution < 1.29 is 24.2 Å². The van der Waals surface area contributed by atoms with Crippen LogP contribution in [0.25, 0.3) is 5.76 Å². The molecule has 1 saturated heterocycles. The molecule has 7 heteroatoms. The highest BCUT2D eigenvalue weighted by molar-refractivity contribution is 6.46. The monoisotopic (exact) mass is 522 g/mol. The number of hydrogen-bond acceptors (Lipinski definition) is 6. The number of nitrogens with zero attached hydrogens (tertiary/aromatic N) is 2. The number of Topliss-reactive ketones (excluding diaryl/α,β-unsaturated/α-hetero) is 1. The summed E-state index contributed by atoms with van der Waals surface area (Å²) in [6, 6.07) is 13.7. The van der Waals surface area contributed by atoms with Gasteiger partial charge in [0.1, 0.15) is 17.3 Å². The number of likely N-dealkylation sites (tertiary alicyclic amines) is 1. The maximum atomic E-state index is 13.3. The molecule has 2 aromatic carbocycles. The van der Waals surface area contributed by atoms with Crippen LogP contribution in [0.3, 0.4) is 0 Å². The van der Waals surface area contributed by atoms with Gasteiger partial charge in [-0.15, -0.1) is 0 Å². The van der Waals surface area contributed by atoms with E-state index >= 15 is 0 Å². The molecule has 1 amide bonds. The maximum Gasteiger partial charge on any atom is 0.295 e. The number of aliphatic hydroxyl groups is 1. The Morgan fingerprint density at radius 2 is 1.55 bits per heavy atom. The minimum Gasteiger partial charge on any atom is -0.507 e. The fourth-order valence-electron chi connectivity index (χ4n) is 4.45. The van der Waals surface area contributed by atoms with Crippen molar-refractivity contribution in [1.82, 2.24) is 9.80 Å².